The third kappa shape index (κ3) is 2.18. The van der Waals surface area contributed by atoms with Gasteiger partial charge in [0.05, 0.1) is 0 Å². The molecule has 1 aliphatic rings. The lowest BCUT2D eigenvalue weighted by Crippen LogP contribution is -2.10. The highest BCUT2D eigenvalue weighted by molar-refractivity contribution is 7.99. The Balaban J connectivity index is 2.16. The Morgan fingerprint density at radius 2 is 2.21 bits per heavy atom. The smallest absolute Gasteiger partial charge is 0.266 e. The van der Waals surface area contributed by atoms with Gasteiger partial charge in [0.25, 0.3) is 5.56 Å². The Morgan fingerprint density at radius 1 is 1.32 bits per heavy atom. The number of hydrogen-bond acceptors (Lipinski definition) is 3. The molecule has 0 saturated carbocycles. The number of thioether (sulfide) groups is 1. The van der Waals surface area contributed by atoms with E-state index in [4.69, 9.17) is 5.26 Å². The average Bonchev–Trinajstić information content (AvgIpc) is 2.46. The van der Waals surface area contributed by atoms with E-state index in [1.165, 1.54) is 22.6 Å². The van der Waals surface area contributed by atoms with E-state index in [1.807, 2.05) is 23.9 Å². The van der Waals surface area contributed by atoms with Crippen LogP contribution in [0.25, 0.3) is 11.1 Å². The summed E-state index contributed by atoms with van der Waals surface area (Å²) in [5.74, 6) is 1.17. The molecule has 1 aliphatic heterocycles. The van der Waals surface area contributed by atoms with Crippen LogP contribution in [0.5, 0.6) is 0 Å². The molecule has 0 spiro atoms. The highest BCUT2D eigenvalue weighted by atomic mass is 32.2. The largest absolute Gasteiger partial charge is 0.328 e. The maximum Gasteiger partial charge on any atom is 0.266 e. The Morgan fingerprint density at radius 3 is 3.05 bits per heavy atom. The minimum atomic E-state index is -0.327. The van der Waals surface area contributed by atoms with E-state index in [0.29, 0.717) is 5.56 Å². The van der Waals surface area contributed by atoms with Crippen LogP contribution in [0.15, 0.2) is 40.2 Å². The molecular formula is C15H12N2OS. The first kappa shape index (κ1) is 12.1. The number of hydrogen-bond donors (Lipinski definition) is 1. The van der Waals surface area contributed by atoms with E-state index in [1.54, 1.807) is 12.3 Å². The molecule has 0 saturated heterocycles. The van der Waals surface area contributed by atoms with Gasteiger partial charge in [0.1, 0.15) is 11.6 Å². The summed E-state index contributed by atoms with van der Waals surface area (Å²) >= 11 is 1.87. The van der Waals surface area contributed by atoms with Crippen LogP contribution in [0.1, 0.15) is 17.5 Å². The number of nitriles is 1. The molecule has 4 heteroatoms. The minimum absolute atomic E-state index is 0.186. The zero-order valence-corrected chi connectivity index (χ0v) is 11.1. The number of aromatic nitrogens is 1. The summed E-state index contributed by atoms with van der Waals surface area (Å²) in [4.78, 5) is 15.5. The number of aromatic amines is 1. The minimum Gasteiger partial charge on any atom is -0.328 e. The molecule has 0 aliphatic carbocycles. The topological polar surface area (TPSA) is 56.6 Å². The summed E-state index contributed by atoms with van der Waals surface area (Å²) in [5.41, 5.74) is 2.84. The number of rotatable bonds is 1. The SMILES string of the molecule is N#Cc1c(-c2ccc3c(c2)CCCS3)cc[nH]c1=O. The van der Waals surface area contributed by atoms with Crippen molar-refractivity contribution in [2.75, 3.05) is 5.75 Å². The molecule has 2 aromatic rings. The van der Waals surface area contributed by atoms with Crippen molar-refractivity contribution < 1.29 is 0 Å². The van der Waals surface area contributed by atoms with Crippen molar-refractivity contribution in [3.8, 4) is 17.2 Å². The van der Waals surface area contributed by atoms with Crippen molar-refractivity contribution in [3.05, 3.63) is 51.9 Å². The molecule has 1 aromatic heterocycles. The second kappa shape index (κ2) is 4.94. The first-order valence-electron chi connectivity index (χ1n) is 6.17. The van der Waals surface area contributed by atoms with Crippen molar-refractivity contribution >= 4 is 11.8 Å². The number of nitrogens with zero attached hydrogens (tertiary/aromatic N) is 1. The molecule has 0 radical (unpaired) electrons. The van der Waals surface area contributed by atoms with Crippen molar-refractivity contribution in [1.29, 1.82) is 5.26 Å². The fraction of sp³-hybridized carbons (Fsp3) is 0.200. The Hall–Kier alpha value is -1.99. The van der Waals surface area contributed by atoms with Crippen LogP contribution < -0.4 is 5.56 Å². The van der Waals surface area contributed by atoms with Gasteiger partial charge in [-0.05, 0) is 47.9 Å². The zero-order chi connectivity index (χ0) is 13.2. The quantitative estimate of drug-likeness (QED) is 0.865. The lowest BCUT2D eigenvalue weighted by Gasteiger charge is -2.16. The van der Waals surface area contributed by atoms with Crippen LogP contribution in [-0.4, -0.2) is 10.7 Å². The highest BCUT2D eigenvalue weighted by Crippen LogP contribution is 2.33. The van der Waals surface area contributed by atoms with Gasteiger partial charge < -0.3 is 4.98 Å². The van der Waals surface area contributed by atoms with Crippen LogP contribution in [0.2, 0.25) is 0 Å². The van der Waals surface area contributed by atoms with Crippen molar-refractivity contribution in [3.63, 3.8) is 0 Å². The molecule has 94 valence electrons. The molecule has 1 aromatic carbocycles. The van der Waals surface area contributed by atoms with Gasteiger partial charge in [-0.15, -0.1) is 11.8 Å². The van der Waals surface area contributed by atoms with Crippen molar-refractivity contribution in [2.24, 2.45) is 0 Å². The molecule has 3 nitrogen and oxygen atoms in total. The van der Waals surface area contributed by atoms with Crippen molar-refractivity contribution in [2.45, 2.75) is 17.7 Å². The second-order valence-corrected chi connectivity index (χ2v) is 5.62. The summed E-state index contributed by atoms with van der Waals surface area (Å²) < 4.78 is 0. The van der Waals surface area contributed by atoms with E-state index >= 15 is 0 Å². The van der Waals surface area contributed by atoms with Gasteiger partial charge >= 0.3 is 0 Å². The molecule has 0 unspecified atom stereocenters. The highest BCUT2D eigenvalue weighted by Gasteiger charge is 2.13. The third-order valence-electron chi connectivity index (χ3n) is 3.29. The molecule has 19 heavy (non-hydrogen) atoms. The number of pyridine rings is 1. The molecule has 0 fully saturated rings. The molecule has 2 heterocycles. The van der Waals surface area contributed by atoms with E-state index in [-0.39, 0.29) is 11.1 Å². The number of nitrogens with one attached hydrogen (secondary N) is 1. The standard InChI is InChI=1S/C15H12N2OS/c16-9-13-12(5-6-17-15(13)18)10-3-4-14-11(8-10)2-1-7-19-14/h3-6,8H,1-2,7H2,(H,17,18). The number of benzene rings is 1. The summed E-state index contributed by atoms with van der Waals surface area (Å²) in [6, 6.07) is 9.98. The number of fused-ring (bicyclic) bond motifs is 1. The molecule has 0 amide bonds. The third-order valence-corrected chi connectivity index (χ3v) is 4.49. The lowest BCUT2D eigenvalue weighted by atomic mass is 9.98. The van der Waals surface area contributed by atoms with Crippen LogP contribution in [0, 0.1) is 11.3 Å². The maximum absolute atomic E-state index is 11.7. The van der Waals surface area contributed by atoms with Gasteiger partial charge in [-0.3, -0.25) is 4.79 Å². The molecule has 3 rings (SSSR count). The summed E-state index contributed by atoms with van der Waals surface area (Å²) in [7, 11) is 0. The van der Waals surface area contributed by atoms with Crippen LogP contribution in [-0.2, 0) is 6.42 Å². The van der Waals surface area contributed by atoms with Crippen molar-refractivity contribution in [1.82, 2.24) is 4.98 Å². The molecular weight excluding hydrogens is 256 g/mol. The monoisotopic (exact) mass is 268 g/mol. The van der Waals surface area contributed by atoms with Gasteiger partial charge in [-0.25, -0.2) is 0 Å². The second-order valence-electron chi connectivity index (χ2n) is 4.48. The fourth-order valence-corrected chi connectivity index (χ4v) is 3.38. The van der Waals surface area contributed by atoms with Gasteiger partial charge in [0.15, 0.2) is 0 Å². The summed E-state index contributed by atoms with van der Waals surface area (Å²) in [5, 5.41) is 9.12. The first-order chi connectivity index (χ1) is 9.29. The predicted molar refractivity (Wildman–Crippen MR) is 76.3 cm³/mol. The van der Waals surface area contributed by atoms with E-state index in [9.17, 15) is 4.79 Å². The van der Waals surface area contributed by atoms with Gasteiger partial charge in [0, 0.05) is 16.7 Å². The number of aryl methyl sites for hydroxylation is 1. The Labute approximate surface area is 115 Å². The van der Waals surface area contributed by atoms with Crippen LogP contribution >= 0.6 is 11.8 Å². The van der Waals surface area contributed by atoms with E-state index < -0.39 is 0 Å². The zero-order valence-electron chi connectivity index (χ0n) is 10.3. The van der Waals surface area contributed by atoms with E-state index in [2.05, 4.69) is 17.1 Å². The summed E-state index contributed by atoms with van der Waals surface area (Å²) in [6.07, 6.45) is 3.84. The Bertz CT molecular complexity index is 728. The lowest BCUT2D eigenvalue weighted by molar-refractivity contribution is 0.890. The predicted octanol–water partition coefficient (Wildman–Crippen LogP) is 2.95. The molecule has 0 atom stereocenters. The molecule has 0 bridgehead atoms. The van der Waals surface area contributed by atoms with Gasteiger partial charge in [-0.2, -0.15) is 5.26 Å². The van der Waals surface area contributed by atoms with E-state index in [0.717, 1.165) is 12.0 Å². The van der Waals surface area contributed by atoms with Crippen LogP contribution in [0.4, 0.5) is 0 Å². The Kier molecular flexibility index (Phi) is 3.14. The van der Waals surface area contributed by atoms with Gasteiger partial charge in [-0.1, -0.05) is 6.07 Å². The summed E-state index contributed by atoms with van der Waals surface area (Å²) in [6.45, 7) is 0. The number of H-pyrrole nitrogens is 1. The van der Waals surface area contributed by atoms with Gasteiger partial charge in [0.2, 0.25) is 0 Å². The maximum atomic E-state index is 11.7. The fourth-order valence-electron chi connectivity index (χ4n) is 2.36. The normalized spacial score (nSPS) is 13.6. The molecule has 1 N–H and O–H groups in total. The van der Waals surface area contributed by atoms with Crippen LogP contribution in [0.3, 0.4) is 0 Å². The first-order valence-corrected chi connectivity index (χ1v) is 7.16. The average molecular weight is 268 g/mol.